The number of hydrogen-bond acceptors (Lipinski definition) is 3. The smallest absolute Gasteiger partial charge is 0.251 e. The van der Waals surface area contributed by atoms with Gasteiger partial charge < -0.3 is 10.1 Å². The van der Waals surface area contributed by atoms with E-state index in [1.165, 1.54) is 12.1 Å². The van der Waals surface area contributed by atoms with Crippen molar-refractivity contribution >= 4 is 5.91 Å². The van der Waals surface area contributed by atoms with Crippen LogP contribution in [0.2, 0.25) is 0 Å². The van der Waals surface area contributed by atoms with Gasteiger partial charge in [-0.3, -0.25) is 14.3 Å². The molecule has 36 heavy (non-hydrogen) atoms. The Hall–Kier alpha value is -4.03. The first kappa shape index (κ1) is 26.6. The van der Waals surface area contributed by atoms with E-state index >= 15 is 0 Å². The third-order valence-corrected chi connectivity index (χ3v) is 5.47. The van der Waals surface area contributed by atoms with E-state index in [0.717, 1.165) is 22.5 Å². The van der Waals surface area contributed by atoms with Gasteiger partial charge in [-0.2, -0.15) is 0 Å². The summed E-state index contributed by atoms with van der Waals surface area (Å²) in [6, 6.07) is 16.8. The number of aryl methyl sites for hydroxylation is 1. The van der Waals surface area contributed by atoms with Crippen molar-refractivity contribution in [2.75, 3.05) is 27.7 Å². The van der Waals surface area contributed by atoms with Gasteiger partial charge in [-0.15, -0.1) is 0 Å². The molecule has 3 rings (SSSR count). The standard InChI is InChI=1S/C30H32FN3O2/c1-7-26(34(4,5)6)13-8-21(2)20-32-30(35)24-18-22(3)33-29(19-24)23-9-14-27(15-10-23)36-28-16-11-25(31)12-17-28/h7-19H,1,20H2,2-6H3/p+1/b21-8+,26-13+. The average molecular weight is 487 g/mol. The molecule has 2 aromatic carbocycles. The number of benzene rings is 2. The van der Waals surface area contributed by atoms with Gasteiger partial charge in [-0.05, 0) is 86.7 Å². The topological polar surface area (TPSA) is 51.2 Å². The molecule has 0 spiro atoms. The number of nitrogens with one attached hydrogen (secondary N) is 1. The summed E-state index contributed by atoms with van der Waals surface area (Å²) in [5.41, 5.74) is 4.95. The van der Waals surface area contributed by atoms with Crippen LogP contribution in [0.25, 0.3) is 11.3 Å². The fraction of sp³-hybridized carbons (Fsp3) is 0.200. The van der Waals surface area contributed by atoms with Crippen LogP contribution in [-0.2, 0) is 0 Å². The lowest BCUT2D eigenvalue weighted by Crippen LogP contribution is -2.32. The molecule has 1 amide bonds. The average Bonchev–Trinajstić information content (AvgIpc) is 2.83. The van der Waals surface area contributed by atoms with Crippen LogP contribution in [0, 0.1) is 12.7 Å². The van der Waals surface area contributed by atoms with Gasteiger partial charge in [0.1, 0.15) is 23.0 Å². The van der Waals surface area contributed by atoms with E-state index in [0.29, 0.717) is 33.8 Å². The second kappa shape index (κ2) is 11.6. The number of rotatable bonds is 9. The zero-order valence-electron chi connectivity index (χ0n) is 21.5. The minimum atomic E-state index is -0.312. The van der Waals surface area contributed by atoms with E-state index in [1.54, 1.807) is 24.3 Å². The Kier molecular flexibility index (Phi) is 8.56. The molecule has 1 aromatic heterocycles. The summed E-state index contributed by atoms with van der Waals surface area (Å²) >= 11 is 0. The molecule has 0 saturated carbocycles. The molecule has 0 bridgehead atoms. The number of likely N-dealkylation sites (N-methyl/N-ethyl adjacent to an activating group) is 1. The van der Waals surface area contributed by atoms with Crippen LogP contribution < -0.4 is 10.1 Å². The number of ether oxygens (including phenoxy) is 1. The second-order valence-electron chi connectivity index (χ2n) is 9.47. The molecule has 5 nitrogen and oxygen atoms in total. The molecule has 1 N–H and O–H groups in total. The zero-order chi connectivity index (χ0) is 26.3. The van der Waals surface area contributed by atoms with Gasteiger partial charge in [0.25, 0.3) is 5.91 Å². The number of amides is 1. The number of quaternary nitrogens is 1. The van der Waals surface area contributed by atoms with Gasteiger partial charge in [0.05, 0.1) is 26.8 Å². The number of nitrogens with zero attached hydrogens (tertiary/aromatic N) is 2. The molecule has 0 fully saturated rings. The number of carbonyl (C=O) groups excluding carboxylic acids is 1. The summed E-state index contributed by atoms with van der Waals surface area (Å²) in [5.74, 6) is 0.699. The van der Waals surface area contributed by atoms with E-state index in [2.05, 4.69) is 38.0 Å². The van der Waals surface area contributed by atoms with Gasteiger partial charge in [-0.1, -0.05) is 18.2 Å². The van der Waals surface area contributed by atoms with E-state index in [4.69, 9.17) is 4.74 Å². The Bertz CT molecular complexity index is 1290. The number of aromatic nitrogens is 1. The number of hydrogen-bond donors (Lipinski definition) is 1. The summed E-state index contributed by atoms with van der Waals surface area (Å²) in [6.45, 7) is 8.16. The van der Waals surface area contributed by atoms with Crippen molar-refractivity contribution in [2.24, 2.45) is 0 Å². The lowest BCUT2D eigenvalue weighted by atomic mass is 10.1. The molecule has 0 aliphatic heterocycles. The Morgan fingerprint density at radius 1 is 1.03 bits per heavy atom. The maximum absolute atomic E-state index is 13.1. The van der Waals surface area contributed by atoms with Crippen LogP contribution in [0.4, 0.5) is 4.39 Å². The van der Waals surface area contributed by atoms with Crippen molar-refractivity contribution in [1.29, 1.82) is 0 Å². The summed E-state index contributed by atoms with van der Waals surface area (Å²) in [6.07, 6.45) is 5.86. The Morgan fingerprint density at radius 3 is 2.22 bits per heavy atom. The SMILES string of the molecule is C=C/C(=C\C=C(/C)CNC(=O)c1cc(C)nc(-c2ccc(Oc3ccc(F)cc3)cc2)c1)[N+](C)(C)C. The number of halogens is 1. The van der Waals surface area contributed by atoms with Gasteiger partial charge in [0.15, 0.2) is 0 Å². The highest BCUT2D eigenvalue weighted by Crippen LogP contribution is 2.26. The molecule has 0 radical (unpaired) electrons. The zero-order valence-corrected chi connectivity index (χ0v) is 21.5. The maximum Gasteiger partial charge on any atom is 0.251 e. The number of pyridine rings is 1. The number of carbonyl (C=O) groups is 1. The van der Waals surface area contributed by atoms with E-state index in [9.17, 15) is 9.18 Å². The normalized spacial score (nSPS) is 12.3. The lowest BCUT2D eigenvalue weighted by Gasteiger charge is -2.24. The number of allylic oxidation sites excluding steroid dienone is 3. The minimum Gasteiger partial charge on any atom is -0.457 e. The lowest BCUT2D eigenvalue weighted by molar-refractivity contribution is -0.828. The maximum atomic E-state index is 13.1. The predicted octanol–water partition coefficient (Wildman–Crippen LogP) is 6.44. The van der Waals surface area contributed by atoms with Crippen LogP contribution in [0.3, 0.4) is 0 Å². The van der Waals surface area contributed by atoms with Crippen LogP contribution in [-0.4, -0.2) is 43.1 Å². The quantitative estimate of drug-likeness (QED) is 0.280. The molecule has 6 heteroatoms. The Labute approximate surface area is 212 Å². The molecule has 186 valence electrons. The highest BCUT2D eigenvalue weighted by molar-refractivity contribution is 5.95. The molecule has 0 aliphatic rings. The van der Waals surface area contributed by atoms with Crippen LogP contribution in [0.5, 0.6) is 11.5 Å². The fourth-order valence-electron chi connectivity index (χ4n) is 3.45. The van der Waals surface area contributed by atoms with Crippen molar-refractivity contribution in [3.63, 3.8) is 0 Å². The molecule has 3 aromatic rings. The highest BCUT2D eigenvalue weighted by atomic mass is 19.1. The molecule has 1 heterocycles. The van der Waals surface area contributed by atoms with Crippen molar-refractivity contribution < 1.29 is 18.4 Å². The summed E-state index contributed by atoms with van der Waals surface area (Å²) < 4.78 is 19.5. The van der Waals surface area contributed by atoms with E-state index < -0.39 is 0 Å². The van der Waals surface area contributed by atoms with E-state index in [-0.39, 0.29) is 11.7 Å². The first-order chi connectivity index (χ1) is 17.0. The highest BCUT2D eigenvalue weighted by Gasteiger charge is 2.12. The van der Waals surface area contributed by atoms with Crippen molar-refractivity contribution in [3.05, 3.63) is 114 Å². The predicted molar refractivity (Wildman–Crippen MR) is 143 cm³/mol. The van der Waals surface area contributed by atoms with Gasteiger partial charge >= 0.3 is 0 Å². The summed E-state index contributed by atoms with van der Waals surface area (Å²) in [4.78, 5) is 17.5. The van der Waals surface area contributed by atoms with Gasteiger partial charge in [0, 0.05) is 23.4 Å². The van der Waals surface area contributed by atoms with Crippen LogP contribution in [0.1, 0.15) is 23.0 Å². The monoisotopic (exact) mass is 486 g/mol. The molecular formula is C30H33FN3O2+. The van der Waals surface area contributed by atoms with Crippen LogP contribution >= 0.6 is 0 Å². The van der Waals surface area contributed by atoms with Crippen molar-refractivity contribution in [2.45, 2.75) is 13.8 Å². The van der Waals surface area contributed by atoms with Crippen molar-refractivity contribution in [3.8, 4) is 22.8 Å². The fourth-order valence-corrected chi connectivity index (χ4v) is 3.45. The summed E-state index contributed by atoms with van der Waals surface area (Å²) in [7, 11) is 6.23. The minimum absolute atomic E-state index is 0.162. The third kappa shape index (κ3) is 7.48. The molecule has 0 aliphatic carbocycles. The third-order valence-electron chi connectivity index (χ3n) is 5.47. The Morgan fingerprint density at radius 2 is 1.64 bits per heavy atom. The molecule has 0 atom stereocenters. The van der Waals surface area contributed by atoms with E-state index in [1.807, 2.05) is 56.3 Å². The first-order valence-corrected chi connectivity index (χ1v) is 11.7. The largest absolute Gasteiger partial charge is 0.457 e. The molecule has 0 unspecified atom stereocenters. The first-order valence-electron chi connectivity index (χ1n) is 11.7. The van der Waals surface area contributed by atoms with Crippen LogP contribution in [0.15, 0.2) is 96.7 Å². The summed E-state index contributed by atoms with van der Waals surface area (Å²) in [5, 5.41) is 2.98. The second-order valence-corrected chi connectivity index (χ2v) is 9.47. The van der Waals surface area contributed by atoms with Crippen molar-refractivity contribution in [1.82, 2.24) is 10.3 Å². The van der Waals surface area contributed by atoms with Gasteiger partial charge in [0.2, 0.25) is 0 Å². The Balaban J connectivity index is 1.69. The molecule has 0 saturated heterocycles. The molecular weight excluding hydrogens is 453 g/mol. The van der Waals surface area contributed by atoms with Gasteiger partial charge in [-0.25, -0.2) is 4.39 Å².